The molecule has 31 heavy (non-hydrogen) atoms. The third-order valence-corrected chi connectivity index (χ3v) is 11.3. The van der Waals surface area contributed by atoms with E-state index >= 15 is 4.39 Å². The second kappa shape index (κ2) is 9.68. The molecule has 0 aliphatic heterocycles. The number of rotatable bonds is 4. The van der Waals surface area contributed by atoms with Gasteiger partial charge < -0.3 is 0 Å². The van der Waals surface area contributed by atoms with Crippen LogP contribution in [0.1, 0.15) is 107 Å². The van der Waals surface area contributed by atoms with Crippen LogP contribution in [-0.2, 0) is 0 Å². The van der Waals surface area contributed by atoms with Crippen LogP contribution in [0.5, 0.6) is 0 Å². The first-order valence-corrected chi connectivity index (χ1v) is 13.8. The van der Waals surface area contributed by atoms with Gasteiger partial charge in [-0.05, 0) is 127 Å². The van der Waals surface area contributed by atoms with Crippen LogP contribution in [-0.4, -0.2) is 9.16 Å². The molecule has 0 aromatic heterocycles. The third kappa shape index (κ3) is 5.39. The summed E-state index contributed by atoms with van der Waals surface area (Å²) in [7, 11) is 0. The lowest BCUT2D eigenvalue weighted by atomic mass is 9.68. The summed E-state index contributed by atoms with van der Waals surface area (Å²) in [6, 6.07) is 5.80. The molecule has 0 amide bonds. The van der Waals surface area contributed by atoms with Crippen LogP contribution < -0.4 is 0 Å². The van der Waals surface area contributed by atoms with E-state index in [1.54, 1.807) is 6.07 Å². The Morgan fingerprint density at radius 3 is 1.90 bits per heavy atom. The molecule has 0 atom stereocenters. The van der Waals surface area contributed by atoms with Crippen molar-refractivity contribution in [2.45, 2.75) is 105 Å². The number of alkyl halides is 4. The summed E-state index contributed by atoms with van der Waals surface area (Å²) in [6.45, 7) is 2.38. The SMILES string of the molecule is CC1CCC(C2CCC(c3ccc(C4CCC(Br)(C(F)(F)Br)CC4)c(F)c3)CC2)CC1. The fraction of sp³-hybridized carbons (Fsp3) is 0.769. The van der Waals surface area contributed by atoms with E-state index in [1.165, 1.54) is 51.4 Å². The second-order valence-corrected chi connectivity index (χ2v) is 13.2. The molecule has 4 rings (SSSR count). The van der Waals surface area contributed by atoms with Crippen molar-refractivity contribution in [3.8, 4) is 0 Å². The third-order valence-electron chi connectivity index (χ3n) is 8.72. The average molecular weight is 564 g/mol. The molecule has 3 saturated carbocycles. The van der Waals surface area contributed by atoms with E-state index < -0.39 is 9.16 Å². The summed E-state index contributed by atoms with van der Waals surface area (Å²) in [4.78, 5) is -2.94. The summed E-state index contributed by atoms with van der Waals surface area (Å²) in [5.74, 6) is 3.04. The maximum Gasteiger partial charge on any atom is 0.316 e. The zero-order valence-corrected chi connectivity index (χ0v) is 21.7. The lowest BCUT2D eigenvalue weighted by Crippen LogP contribution is -2.41. The molecule has 0 heterocycles. The van der Waals surface area contributed by atoms with E-state index in [0.29, 0.717) is 37.2 Å². The van der Waals surface area contributed by atoms with Gasteiger partial charge in [-0.25, -0.2) is 4.39 Å². The van der Waals surface area contributed by atoms with Gasteiger partial charge in [-0.15, -0.1) is 0 Å². The van der Waals surface area contributed by atoms with Crippen LogP contribution in [0.25, 0.3) is 0 Å². The zero-order valence-electron chi connectivity index (χ0n) is 18.5. The molecule has 3 aliphatic rings. The van der Waals surface area contributed by atoms with Crippen LogP contribution in [0.2, 0.25) is 0 Å². The van der Waals surface area contributed by atoms with Gasteiger partial charge in [0.05, 0.1) is 4.32 Å². The Kier molecular flexibility index (Phi) is 7.53. The van der Waals surface area contributed by atoms with E-state index in [4.69, 9.17) is 0 Å². The van der Waals surface area contributed by atoms with Crippen molar-refractivity contribution in [1.29, 1.82) is 0 Å². The van der Waals surface area contributed by atoms with Gasteiger partial charge in [-0.1, -0.05) is 47.8 Å². The number of hydrogen-bond donors (Lipinski definition) is 0. The molecule has 0 spiro atoms. The van der Waals surface area contributed by atoms with Crippen molar-refractivity contribution < 1.29 is 13.2 Å². The summed E-state index contributed by atoms with van der Waals surface area (Å²) >= 11 is 5.76. The van der Waals surface area contributed by atoms with Crippen LogP contribution >= 0.6 is 31.9 Å². The van der Waals surface area contributed by atoms with Crippen molar-refractivity contribution in [3.63, 3.8) is 0 Å². The maximum absolute atomic E-state index is 15.1. The summed E-state index contributed by atoms with van der Waals surface area (Å²) < 4.78 is 41.5. The minimum Gasteiger partial charge on any atom is -0.207 e. The molecule has 1 aromatic carbocycles. The largest absolute Gasteiger partial charge is 0.316 e. The fourth-order valence-electron chi connectivity index (χ4n) is 6.48. The Morgan fingerprint density at radius 1 is 0.839 bits per heavy atom. The molecule has 0 unspecified atom stereocenters. The minimum atomic E-state index is -2.94. The number of benzene rings is 1. The smallest absolute Gasteiger partial charge is 0.207 e. The van der Waals surface area contributed by atoms with Crippen LogP contribution in [0.3, 0.4) is 0 Å². The van der Waals surface area contributed by atoms with Crippen molar-refractivity contribution in [1.82, 2.24) is 0 Å². The van der Waals surface area contributed by atoms with Crippen molar-refractivity contribution >= 4 is 31.9 Å². The van der Waals surface area contributed by atoms with Gasteiger partial charge in [0.1, 0.15) is 5.82 Å². The molecule has 0 bridgehead atoms. The molecule has 3 fully saturated rings. The summed E-state index contributed by atoms with van der Waals surface area (Å²) in [5.41, 5.74) is 1.84. The van der Waals surface area contributed by atoms with Gasteiger partial charge in [-0.3, -0.25) is 0 Å². The van der Waals surface area contributed by atoms with Gasteiger partial charge in [0.15, 0.2) is 0 Å². The first-order valence-electron chi connectivity index (χ1n) is 12.2. The topological polar surface area (TPSA) is 0 Å². The van der Waals surface area contributed by atoms with Gasteiger partial charge in [0.25, 0.3) is 0 Å². The maximum atomic E-state index is 15.1. The van der Waals surface area contributed by atoms with Crippen LogP contribution in [0.15, 0.2) is 18.2 Å². The predicted molar refractivity (Wildman–Crippen MR) is 129 cm³/mol. The normalized spacial score (nSPS) is 37.5. The van der Waals surface area contributed by atoms with Gasteiger partial charge >= 0.3 is 4.83 Å². The van der Waals surface area contributed by atoms with Crippen molar-refractivity contribution in [2.75, 3.05) is 0 Å². The van der Waals surface area contributed by atoms with E-state index in [2.05, 4.69) is 44.8 Å². The Hall–Kier alpha value is -0.0300. The van der Waals surface area contributed by atoms with Crippen molar-refractivity contribution in [2.24, 2.45) is 17.8 Å². The Morgan fingerprint density at radius 2 is 1.39 bits per heavy atom. The monoisotopic (exact) mass is 562 g/mol. The Bertz CT molecular complexity index is 736. The van der Waals surface area contributed by atoms with E-state index in [1.807, 2.05) is 6.07 Å². The quantitative estimate of drug-likeness (QED) is 0.320. The molecule has 3 aliphatic carbocycles. The first-order chi connectivity index (χ1) is 14.7. The number of hydrogen-bond acceptors (Lipinski definition) is 0. The zero-order chi connectivity index (χ0) is 22.2. The molecular formula is C26H35Br2F3. The molecule has 0 saturated heterocycles. The fourth-order valence-corrected chi connectivity index (χ4v) is 7.33. The Balaban J connectivity index is 1.33. The molecule has 5 heteroatoms. The molecular weight excluding hydrogens is 529 g/mol. The lowest BCUT2D eigenvalue weighted by molar-refractivity contribution is 0.0493. The van der Waals surface area contributed by atoms with Gasteiger partial charge in [-0.2, -0.15) is 8.78 Å². The highest BCUT2D eigenvalue weighted by Crippen LogP contribution is 2.53. The van der Waals surface area contributed by atoms with Crippen LogP contribution in [0.4, 0.5) is 13.2 Å². The van der Waals surface area contributed by atoms with Gasteiger partial charge in [0, 0.05) is 0 Å². The summed E-state index contributed by atoms with van der Waals surface area (Å²) in [5, 5.41) is 0. The molecule has 0 nitrogen and oxygen atoms in total. The predicted octanol–water partition coefficient (Wildman–Crippen LogP) is 9.70. The molecule has 0 N–H and O–H groups in total. The van der Waals surface area contributed by atoms with Crippen molar-refractivity contribution in [3.05, 3.63) is 35.1 Å². The van der Waals surface area contributed by atoms with E-state index in [-0.39, 0.29) is 11.7 Å². The summed E-state index contributed by atoms with van der Waals surface area (Å²) in [6.07, 6.45) is 12.3. The minimum absolute atomic E-state index is 0.0269. The highest BCUT2D eigenvalue weighted by atomic mass is 79.9. The number of halogens is 5. The molecule has 1 aromatic rings. The Labute approximate surface area is 202 Å². The molecule has 0 radical (unpaired) electrons. The average Bonchev–Trinajstić information content (AvgIpc) is 2.74. The first kappa shape index (κ1) is 24.1. The molecule has 174 valence electrons. The second-order valence-electron chi connectivity index (χ2n) is 10.6. The standard InChI is InChI=1S/C26H35Br2F3/c1-17-2-4-18(5-3-17)19-6-8-20(9-7-19)22-10-11-23(24(29)16-22)21-12-14-25(27,15-13-21)26(28,30)31/h10-11,16-21H,2-9,12-15H2,1H3. The van der Waals surface area contributed by atoms with E-state index in [9.17, 15) is 8.78 Å². The highest BCUT2D eigenvalue weighted by Gasteiger charge is 2.51. The van der Waals surface area contributed by atoms with E-state index in [0.717, 1.165) is 23.3 Å². The van der Waals surface area contributed by atoms with Gasteiger partial charge in [0.2, 0.25) is 0 Å². The highest BCUT2D eigenvalue weighted by molar-refractivity contribution is 9.12. The lowest BCUT2D eigenvalue weighted by Gasteiger charge is -2.39. The van der Waals surface area contributed by atoms with Crippen LogP contribution in [0, 0.1) is 23.6 Å².